The summed E-state index contributed by atoms with van der Waals surface area (Å²) in [5.41, 5.74) is 0.631. The predicted molar refractivity (Wildman–Crippen MR) is 76.6 cm³/mol. The predicted octanol–water partition coefficient (Wildman–Crippen LogP) is 2.50. The fourth-order valence-corrected chi connectivity index (χ4v) is 3.29. The van der Waals surface area contributed by atoms with Crippen molar-refractivity contribution >= 4 is 9.84 Å². The Labute approximate surface area is 118 Å². The molecule has 0 saturated heterocycles. The van der Waals surface area contributed by atoms with E-state index in [0.717, 1.165) is 0 Å². The van der Waals surface area contributed by atoms with Gasteiger partial charge in [-0.1, -0.05) is 24.3 Å². The summed E-state index contributed by atoms with van der Waals surface area (Å²) in [4.78, 5) is 0.315. The SMILES string of the molecule is O=S(=O)(CCCc1ccc(O)cc1O)c1ccccc1. The van der Waals surface area contributed by atoms with Gasteiger partial charge in [0.2, 0.25) is 0 Å². The van der Waals surface area contributed by atoms with Gasteiger partial charge in [0.05, 0.1) is 10.6 Å². The van der Waals surface area contributed by atoms with E-state index in [9.17, 15) is 18.6 Å². The molecule has 5 heteroatoms. The lowest BCUT2D eigenvalue weighted by atomic mass is 10.1. The molecule has 0 aliphatic carbocycles. The van der Waals surface area contributed by atoms with Crippen LogP contribution in [-0.4, -0.2) is 24.4 Å². The standard InChI is InChI=1S/C15H16O4S/c16-13-9-8-12(15(17)11-13)5-4-10-20(18,19)14-6-2-1-3-7-14/h1-3,6-9,11,16-17H,4-5,10H2. The number of hydrogen-bond donors (Lipinski definition) is 2. The normalized spacial score (nSPS) is 11.4. The lowest BCUT2D eigenvalue weighted by Gasteiger charge is -2.06. The van der Waals surface area contributed by atoms with Crippen molar-refractivity contribution in [3.05, 3.63) is 54.1 Å². The van der Waals surface area contributed by atoms with Gasteiger partial charge in [0.25, 0.3) is 0 Å². The zero-order chi connectivity index (χ0) is 14.6. The summed E-state index contributed by atoms with van der Waals surface area (Å²) in [7, 11) is -3.28. The average molecular weight is 292 g/mol. The summed E-state index contributed by atoms with van der Waals surface area (Å²) >= 11 is 0. The van der Waals surface area contributed by atoms with E-state index in [1.165, 1.54) is 12.1 Å². The molecule has 2 aromatic carbocycles. The first kappa shape index (κ1) is 14.4. The highest BCUT2D eigenvalue weighted by molar-refractivity contribution is 7.91. The van der Waals surface area contributed by atoms with E-state index in [2.05, 4.69) is 0 Å². The first-order valence-corrected chi connectivity index (χ1v) is 7.93. The Kier molecular flexibility index (Phi) is 4.29. The molecule has 106 valence electrons. The van der Waals surface area contributed by atoms with E-state index < -0.39 is 9.84 Å². The van der Waals surface area contributed by atoms with Crippen molar-refractivity contribution in [2.75, 3.05) is 5.75 Å². The molecule has 2 rings (SSSR count). The molecular formula is C15H16O4S. The molecule has 0 amide bonds. The van der Waals surface area contributed by atoms with E-state index in [0.29, 0.717) is 23.3 Å². The van der Waals surface area contributed by atoms with Gasteiger partial charge >= 0.3 is 0 Å². The quantitative estimate of drug-likeness (QED) is 0.888. The molecule has 0 heterocycles. The molecule has 0 fully saturated rings. The third-order valence-corrected chi connectivity index (χ3v) is 4.85. The minimum atomic E-state index is -3.28. The van der Waals surface area contributed by atoms with Crippen LogP contribution in [0.4, 0.5) is 0 Å². The molecule has 0 saturated carbocycles. The van der Waals surface area contributed by atoms with Crippen LogP contribution < -0.4 is 0 Å². The average Bonchev–Trinajstić information content (AvgIpc) is 2.42. The van der Waals surface area contributed by atoms with Gasteiger partial charge in [-0.2, -0.15) is 0 Å². The van der Waals surface area contributed by atoms with Crippen LogP contribution in [0.15, 0.2) is 53.4 Å². The molecule has 0 radical (unpaired) electrons. The van der Waals surface area contributed by atoms with Gasteiger partial charge in [-0.25, -0.2) is 8.42 Å². The molecule has 4 nitrogen and oxygen atoms in total. The van der Waals surface area contributed by atoms with Crippen LogP contribution in [0, 0.1) is 0 Å². The number of aromatic hydroxyl groups is 2. The van der Waals surface area contributed by atoms with Crippen molar-refractivity contribution < 1.29 is 18.6 Å². The minimum absolute atomic E-state index is 0.0110. The Balaban J connectivity index is 1.99. The highest BCUT2D eigenvalue weighted by atomic mass is 32.2. The van der Waals surface area contributed by atoms with Crippen molar-refractivity contribution in [2.45, 2.75) is 17.7 Å². The first-order valence-electron chi connectivity index (χ1n) is 6.28. The second-order valence-electron chi connectivity index (χ2n) is 4.55. The number of phenols is 2. The highest BCUT2D eigenvalue weighted by Crippen LogP contribution is 2.24. The molecule has 0 unspecified atom stereocenters. The molecule has 2 aromatic rings. The van der Waals surface area contributed by atoms with E-state index in [1.54, 1.807) is 36.4 Å². The van der Waals surface area contributed by atoms with Gasteiger partial charge in [-0.05, 0) is 36.6 Å². The molecule has 0 aliphatic heterocycles. The molecular weight excluding hydrogens is 276 g/mol. The van der Waals surface area contributed by atoms with Crippen molar-refractivity contribution in [2.24, 2.45) is 0 Å². The van der Waals surface area contributed by atoms with Gasteiger partial charge in [-0.15, -0.1) is 0 Å². The zero-order valence-corrected chi connectivity index (χ0v) is 11.7. The topological polar surface area (TPSA) is 74.6 Å². The monoisotopic (exact) mass is 292 g/mol. The Morgan fingerprint density at radius 2 is 1.65 bits per heavy atom. The first-order chi connectivity index (χ1) is 9.49. The van der Waals surface area contributed by atoms with Gasteiger partial charge < -0.3 is 10.2 Å². The summed E-state index contributed by atoms with van der Waals surface area (Å²) in [5, 5.41) is 18.8. The molecule has 0 bridgehead atoms. The molecule has 20 heavy (non-hydrogen) atoms. The van der Waals surface area contributed by atoms with Crippen LogP contribution in [0.1, 0.15) is 12.0 Å². The van der Waals surface area contributed by atoms with Gasteiger partial charge in [-0.3, -0.25) is 0 Å². The molecule has 0 aromatic heterocycles. The maximum Gasteiger partial charge on any atom is 0.178 e. The van der Waals surface area contributed by atoms with Crippen LogP contribution in [0.3, 0.4) is 0 Å². The number of rotatable bonds is 5. The third kappa shape index (κ3) is 3.51. The molecule has 0 atom stereocenters. The van der Waals surface area contributed by atoms with Crippen molar-refractivity contribution in [1.82, 2.24) is 0 Å². The lowest BCUT2D eigenvalue weighted by Crippen LogP contribution is -2.07. The largest absolute Gasteiger partial charge is 0.508 e. The Morgan fingerprint density at radius 3 is 2.30 bits per heavy atom. The maximum absolute atomic E-state index is 12.1. The molecule has 0 aliphatic rings. The second-order valence-corrected chi connectivity index (χ2v) is 6.66. The maximum atomic E-state index is 12.1. The second kappa shape index (κ2) is 5.96. The summed E-state index contributed by atoms with van der Waals surface area (Å²) in [5.74, 6) is 0.00223. The van der Waals surface area contributed by atoms with Gasteiger partial charge in [0.1, 0.15) is 11.5 Å². The lowest BCUT2D eigenvalue weighted by molar-refractivity contribution is 0.445. The van der Waals surface area contributed by atoms with Crippen molar-refractivity contribution in [1.29, 1.82) is 0 Å². The van der Waals surface area contributed by atoms with Crippen LogP contribution in [0.5, 0.6) is 11.5 Å². The summed E-state index contributed by atoms with van der Waals surface area (Å²) in [6.07, 6.45) is 0.855. The Bertz CT molecular complexity index is 678. The van der Waals surface area contributed by atoms with Crippen LogP contribution in [-0.2, 0) is 16.3 Å². The Morgan fingerprint density at radius 1 is 0.950 bits per heavy atom. The minimum Gasteiger partial charge on any atom is -0.508 e. The fraction of sp³-hybridized carbons (Fsp3) is 0.200. The zero-order valence-electron chi connectivity index (χ0n) is 10.9. The number of sulfone groups is 1. The van der Waals surface area contributed by atoms with Gasteiger partial charge in [0.15, 0.2) is 9.84 Å². The smallest absolute Gasteiger partial charge is 0.178 e. The number of aryl methyl sites for hydroxylation is 1. The molecule has 0 spiro atoms. The van der Waals surface area contributed by atoms with E-state index in [4.69, 9.17) is 0 Å². The highest BCUT2D eigenvalue weighted by Gasteiger charge is 2.13. The van der Waals surface area contributed by atoms with E-state index in [-0.39, 0.29) is 17.3 Å². The van der Waals surface area contributed by atoms with Crippen LogP contribution >= 0.6 is 0 Å². The van der Waals surface area contributed by atoms with Crippen LogP contribution in [0.25, 0.3) is 0 Å². The number of benzene rings is 2. The van der Waals surface area contributed by atoms with E-state index in [1.807, 2.05) is 0 Å². The molecule has 2 N–H and O–H groups in total. The summed E-state index contributed by atoms with van der Waals surface area (Å²) in [6, 6.07) is 12.6. The van der Waals surface area contributed by atoms with Crippen molar-refractivity contribution in [3.8, 4) is 11.5 Å². The fourth-order valence-electron chi connectivity index (χ4n) is 1.96. The summed E-state index contributed by atoms with van der Waals surface area (Å²) < 4.78 is 24.1. The number of hydrogen-bond acceptors (Lipinski definition) is 4. The summed E-state index contributed by atoms with van der Waals surface area (Å²) in [6.45, 7) is 0. The number of phenolic OH excluding ortho intramolecular Hbond substituents is 2. The van der Waals surface area contributed by atoms with Gasteiger partial charge in [0, 0.05) is 6.07 Å². The third-order valence-electron chi connectivity index (χ3n) is 3.03. The van der Waals surface area contributed by atoms with Crippen LogP contribution in [0.2, 0.25) is 0 Å². The van der Waals surface area contributed by atoms with Crippen molar-refractivity contribution in [3.63, 3.8) is 0 Å². The Hall–Kier alpha value is -2.01. The van der Waals surface area contributed by atoms with E-state index >= 15 is 0 Å².